The van der Waals surface area contributed by atoms with Crippen LogP contribution in [-0.4, -0.2) is 15.6 Å². The largest absolute Gasteiger partial charge is 0.328 e. The molecule has 0 aliphatic carbocycles. The zero-order valence-electron chi connectivity index (χ0n) is 11.0. The number of nitrogens with zero attached hydrogens (tertiary/aromatic N) is 2. The van der Waals surface area contributed by atoms with Gasteiger partial charge >= 0.3 is 0 Å². The predicted octanol–water partition coefficient (Wildman–Crippen LogP) is 2.87. The second-order valence-corrected chi connectivity index (χ2v) is 4.66. The molecule has 1 atom stereocenters. The van der Waals surface area contributed by atoms with Crippen LogP contribution in [0.15, 0.2) is 18.2 Å². The first kappa shape index (κ1) is 13.0. The van der Waals surface area contributed by atoms with Crippen molar-refractivity contribution < 1.29 is 4.39 Å². The van der Waals surface area contributed by atoms with Gasteiger partial charge in [-0.2, -0.15) is 0 Å². The maximum Gasteiger partial charge on any atom is 0.125 e. The summed E-state index contributed by atoms with van der Waals surface area (Å²) in [4.78, 5) is 4.51. The molecule has 1 heterocycles. The van der Waals surface area contributed by atoms with Gasteiger partial charge in [-0.25, -0.2) is 9.37 Å². The van der Waals surface area contributed by atoms with Gasteiger partial charge in [0, 0.05) is 25.1 Å². The highest BCUT2D eigenvalue weighted by Crippen LogP contribution is 2.18. The van der Waals surface area contributed by atoms with Crippen molar-refractivity contribution in [1.82, 2.24) is 9.55 Å². The van der Waals surface area contributed by atoms with Crippen LogP contribution in [0.5, 0.6) is 0 Å². The Hall–Kier alpha value is -1.42. The van der Waals surface area contributed by atoms with Gasteiger partial charge in [-0.15, -0.1) is 0 Å². The molecule has 1 aromatic heterocycles. The molecule has 0 amide bonds. The predicted molar refractivity (Wildman–Crippen MR) is 72.0 cm³/mol. The first-order chi connectivity index (χ1) is 8.65. The number of hydrogen-bond acceptors (Lipinski definition) is 2. The zero-order chi connectivity index (χ0) is 13.1. The fourth-order valence-electron chi connectivity index (χ4n) is 2.37. The molecule has 0 bridgehead atoms. The number of fused-ring (bicyclic) bond motifs is 1. The molecule has 2 aromatic rings. The van der Waals surface area contributed by atoms with E-state index in [2.05, 4.69) is 23.4 Å². The Morgan fingerprint density at radius 2 is 2.17 bits per heavy atom. The Bertz CT molecular complexity index is 533. The van der Waals surface area contributed by atoms with Crippen molar-refractivity contribution in [2.45, 2.75) is 45.7 Å². The number of benzene rings is 1. The van der Waals surface area contributed by atoms with Crippen LogP contribution in [0.2, 0.25) is 0 Å². The Labute approximate surface area is 107 Å². The van der Waals surface area contributed by atoms with E-state index < -0.39 is 0 Å². The summed E-state index contributed by atoms with van der Waals surface area (Å²) < 4.78 is 15.3. The number of aryl methyl sites for hydroxylation is 1. The summed E-state index contributed by atoms with van der Waals surface area (Å²) in [7, 11) is 0. The Balaban J connectivity index is 2.37. The van der Waals surface area contributed by atoms with Crippen LogP contribution in [0.25, 0.3) is 11.0 Å². The van der Waals surface area contributed by atoms with Crippen LogP contribution in [0.1, 0.15) is 32.5 Å². The Morgan fingerprint density at radius 3 is 2.83 bits per heavy atom. The molecule has 0 saturated carbocycles. The minimum Gasteiger partial charge on any atom is -0.328 e. The van der Waals surface area contributed by atoms with Crippen LogP contribution in [-0.2, 0) is 13.0 Å². The minimum atomic E-state index is -0.243. The van der Waals surface area contributed by atoms with Crippen molar-refractivity contribution in [1.29, 1.82) is 0 Å². The van der Waals surface area contributed by atoms with Gasteiger partial charge in [-0.1, -0.05) is 13.3 Å². The van der Waals surface area contributed by atoms with Gasteiger partial charge in [0.1, 0.15) is 11.6 Å². The summed E-state index contributed by atoms with van der Waals surface area (Å²) in [6.07, 6.45) is 2.81. The molecule has 0 saturated heterocycles. The molecule has 0 spiro atoms. The number of hydrogen-bond donors (Lipinski definition) is 1. The monoisotopic (exact) mass is 249 g/mol. The SMILES string of the molecule is CCCC(N)Cc1nc2cc(F)ccc2n1CC. The lowest BCUT2D eigenvalue weighted by Crippen LogP contribution is -2.24. The summed E-state index contributed by atoms with van der Waals surface area (Å²) in [5, 5.41) is 0. The van der Waals surface area contributed by atoms with Gasteiger partial charge in [0.25, 0.3) is 0 Å². The van der Waals surface area contributed by atoms with Crippen molar-refractivity contribution >= 4 is 11.0 Å². The van der Waals surface area contributed by atoms with E-state index in [1.807, 2.05) is 0 Å². The quantitative estimate of drug-likeness (QED) is 0.885. The van der Waals surface area contributed by atoms with Gasteiger partial charge in [-0.3, -0.25) is 0 Å². The first-order valence-corrected chi connectivity index (χ1v) is 6.56. The zero-order valence-corrected chi connectivity index (χ0v) is 11.0. The van der Waals surface area contributed by atoms with Crippen molar-refractivity contribution in [3.8, 4) is 0 Å². The summed E-state index contributed by atoms with van der Waals surface area (Å²) in [6.45, 7) is 5.02. The summed E-state index contributed by atoms with van der Waals surface area (Å²) in [5.74, 6) is 0.715. The third-order valence-electron chi connectivity index (χ3n) is 3.21. The molecule has 0 aliphatic rings. The Kier molecular flexibility index (Phi) is 3.97. The van der Waals surface area contributed by atoms with Crippen LogP contribution in [0.4, 0.5) is 4.39 Å². The van der Waals surface area contributed by atoms with E-state index in [1.54, 1.807) is 6.07 Å². The first-order valence-electron chi connectivity index (χ1n) is 6.56. The highest BCUT2D eigenvalue weighted by atomic mass is 19.1. The van der Waals surface area contributed by atoms with Crippen molar-refractivity contribution in [3.63, 3.8) is 0 Å². The third-order valence-corrected chi connectivity index (χ3v) is 3.21. The molecule has 1 unspecified atom stereocenters. The van der Waals surface area contributed by atoms with E-state index in [0.717, 1.165) is 42.7 Å². The normalized spacial score (nSPS) is 13.1. The summed E-state index contributed by atoms with van der Waals surface area (Å²) in [6, 6.07) is 4.88. The maximum absolute atomic E-state index is 13.2. The summed E-state index contributed by atoms with van der Waals surface area (Å²) in [5.41, 5.74) is 7.77. The van der Waals surface area contributed by atoms with Gasteiger partial charge in [0.2, 0.25) is 0 Å². The second kappa shape index (κ2) is 5.48. The number of nitrogens with two attached hydrogens (primary N) is 1. The number of aromatic nitrogens is 2. The maximum atomic E-state index is 13.2. The van der Waals surface area contributed by atoms with Crippen molar-refractivity contribution in [3.05, 3.63) is 29.8 Å². The molecular weight excluding hydrogens is 229 g/mol. The number of imidazole rings is 1. The van der Waals surface area contributed by atoms with E-state index >= 15 is 0 Å². The lowest BCUT2D eigenvalue weighted by Gasteiger charge is -2.11. The van der Waals surface area contributed by atoms with E-state index in [9.17, 15) is 4.39 Å². The third kappa shape index (κ3) is 2.53. The van der Waals surface area contributed by atoms with Crippen LogP contribution in [0.3, 0.4) is 0 Å². The van der Waals surface area contributed by atoms with E-state index in [1.165, 1.54) is 12.1 Å². The van der Waals surface area contributed by atoms with Crippen LogP contribution in [0, 0.1) is 5.82 Å². The van der Waals surface area contributed by atoms with Gasteiger partial charge < -0.3 is 10.3 Å². The van der Waals surface area contributed by atoms with Crippen molar-refractivity contribution in [2.75, 3.05) is 0 Å². The average molecular weight is 249 g/mol. The fraction of sp³-hybridized carbons (Fsp3) is 0.500. The lowest BCUT2D eigenvalue weighted by molar-refractivity contribution is 0.566. The summed E-state index contributed by atoms with van der Waals surface area (Å²) >= 11 is 0. The highest BCUT2D eigenvalue weighted by Gasteiger charge is 2.13. The molecular formula is C14H20FN3. The number of halogens is 1. The van der Waals surface area contributed by atoms with Crippen LogP contribution < -0.4 is 5.73 Å². The highest BCUT2D eigenvalue weighted by molar-refractivity contribution is 5.76. The van der Waals surface area contributed by atoms with E-state index in [-0.39, 0.29) is 11.9 Å². The molecule has 4 heteroatoms. The topological polar surface area (TPSA) is 43.8 Å². The molecule has 0 radical (unpaired) electrons. The smallest absolute Gasteiger partial charge is 0.125 e. The van der Waals surface area contributed by atoms with Gasteiger partial charge in [0.05, 0.1) is 11.0 Å². The fourth-order valence-corrected chi connectivity index (χ4v) is 2.37. The van der Waals surface area contributed by atoms with Gasteiger partial charge in [-0.05, 0) is 25.5 Å². The molecule has 98 valence electrons. The molecule has 0 aliphatic heterocycles. The van der Waals surface area contributed by atoms with E-state index in [0.29, 0.717) is 0 Å². The van der Waals surface area contributed by atoms with Crippen LogP contribution >= 0.6 is 0 Å². The van der Waals surface area contributed by atoms with Crippen molar-refractivity contribution in [2.24, 2.45) is 5.73 Å². The second-order valence-electron chi connectivity index (χ2n) is 4.66. The molecule has 3 nitrogen and oxygen atoms in total. The lowest BCUT2D eigenvalue weighted by atomic mass is 10.1. The molecule has 2 rings (SSSR count). The average Bonchev–Trinajstić information content (AvgIpc) is 2.65. The number of rotatable bonds is 5. The minimum absolute atomic E-state index is 0.127. The molecule has 18 heavy (non-hydrogen) atoms. The molecule has 0 fully saturated rings. The molecule has 1 aromatic carbocycles. The standard InChI is InChI=1S/C14H20FN3/c1-3-5-11(16)9-14-17-12-8-10(15)6-7-13(12)18(14)4-2/h6-8,11H,3-5,9,16H2,1-2H3. The molecule has 2 N–H and O–H groups in total. The Morgan fingerprint density at radius 1 is 1.39 bits per heavy atom. The van der Waals surface area contributed by atoms with E-state index in [4.69, 9.17) is 5.73 Å². The van der Waals surface area contributed by atoms with Gasteiger partial charge in [0.15, 0.2) is 0 Å².